The number of rotatable bonds is 5. The number of nitrogens with one attached hydrogen (secondary N) is 1. The van der Waals surface area contributed by atoms with E-state index in [0.717, 1.165) is 32.1 Å². The first kappa shape index (κ1) is 23.4. The van der Waals surface area contributed by atoms with Crippen LogP contribution in [0.4, 0.5) is 4.39 Å². The molecule has 158 valence electrons. The fourth-order valence-electron chi connectivity index (χ4n) is 3.13. The van der Waals surface area contributed by atoms with Crippen molar-refractivity contribution in [1.82, 2.24) is 15.1 Å². The third kappa shape index (κ3) is 6.06. The van der Waals surface area contributed by atoms with Gasteiger partial charge in [0.25, 0.3) is 5.91 Å². The summed E-state index contributed by atoms with van der Waals surface area (Å²) >= 11 is 6.13. The van der Waals surface area contributed by atoms with Crippen molar-refractivity contribution in [2.45, 2.75) is 13.1 Å². The molecule has 3 N–H and O–H groups in total. The highest BCUT2D eigenvalue weighted by Gasteiger charge is 2.21. The molecule has 3 rings (SSSR count). The highest BCUT2D eigenvalue weighted by atomic mass is 127. The highest BCUT2D eigenvalue weighted by Crippen LogP contribution is 2.21. The lowest BCUT2D eigenvalue weighted by molar-refractivity contribution is 0.0972. The molecule has 1 aliphatic heterocycles. The summed E-state index contributed by atoms with van der Waals surface area (Å²) in [6.07, 6.45) is 0. The van der Waals surface area contributed by atoms with Crippen molar-refractivity contribution in [1.29, 1.82) is 0 Å². The number of hydrogen-bond donors (Lipinski definition) is 2. The van der Waals surface area contributed by atoms with Crippen LogP contribution < -0.4 is 11.1 Å². The van der Waals surface area contributed by atoms with Crippen LogP contribution in [0.25, 0.3) is 0 Å². The van der Waals surface area contributed by atoms with E-state index in [1.807, 2.05) is 0 Å². The Morgan fingerprint density at radius 3 is 2.59 bits per heavy atom. The number of furan rings is 1. The van der Waals surface area contributed by atoms with Gasteiger partial charge in [-0.3, -0.25) is 14.7 Å². The van der Waals surface area contributed by atoms with E-state index in [-0.39, 0.29) is 35.6 Å². The van der Waals surface area contributed by atoms with Crippen molar-refractivity contribution >= 4 is 47.4 Å². The Labute approximate surface area is 191 Å². The van der Waals surface area contributed by atoms with Crippen LogP contribution in [0.5, 0.6) is 0 Å². The minimum absolute atomic E-state index is 0. The molecule has 29 heavy (non-hydrogen) atoms. The topological polar surface area (TPSA) is 87.1 Å². The Balaban J connectivity index is 0.00000300. The molecular formula is C19H24ClFIN5O2. The maximum atomic E-state index is 14.0. The second kappa shape index (κ2) is 10.8. The molecule has 0 atom stereocenters. The van der Waals surface area contributed by atoms with Crippen molar-refractivity contribution in [3.63, 3.8) is 0 Å². The number of primary amides is 1. The normalized spacial score (nSPS) is 15.1. The van der Waals surface area contributed by atoms with Crippen molar-refractivity contribution in [2.24, 2.45) is 10.7 Å². The summed E-state index contributed by atoms with van der Waals surface area (Å²) in [5.41, 5.74) is 5.72. The average Bonchev–Trinajstić information content (AvgIpc) is 3.16. The number of guanidine groups is 1. The van der Waals surface area contributed by atoms with Gasteiger partial charge in [0.1, 0.15) is 11.6 Å². The lowest BCUT2D eigenvalue weighted by atomic mass is 10.2. The third-order valence-corrected chi connectivity index (χ3v) is 5.01. The van der Waals surface area contributed by atoms with Gasteiger partial charge in [0.15, 0.2) is 11.7 Å². The summed E-state index contributed by atoms with van der Waals surface area (Å²) in [6.45, 7) is 3.89. The smallest absolute Gasteiger partial charge is 0.284 e. The van der Waals surface area contributed by atoms with E-state index < -0.39 is 5.91 Å². The molecular weight excluding hydrogens is 512 g/mol. The summed E-state index contributed by atoms with van der Waals surface area (Å²) in [7, 11) is 1.71. The molecule has 1 amide bonds. The summed E-state index contributed by atoms with van der Waals surface area (Å²) in [5.74, 6) is 0.596. The molecule has 2 heterocycles. The van der Waals surface area contributed by atoms with Crippen LogP contribution >= 0.6 is 35.6 Å². The number of carbonyl (C=O) groups is 1. The van der Waals surface area contributed by atoms with Crippen LogP contribution in [0, 0.1) is 5.82 Å². The van der Waals surface area contributed by atoms with E-state index in [0.29, 0.717) is 29.4 Å². The van der Waals surface area contributed by atoms with Crippen LogP contribution in [0.15, 0.2) is 39.7 Å². The van der Waals surface area contributed by atoms with Crippen LogP contribution in [0.1, 0.15) is 21.9 Å². The fraction of sp³-hybridized carbons (Fsp3) is 0.368. The van der Waals surface area contributed by atoms with Crippen LogP contribution in [-0.4, -0.2) is 54.9 Å². The predicted octanol–water partition coefficient (Wildman–Crippen LogP) is 2.68. The van der Waals surface area contributed by atoms with Gasteiger partial charge in [-0.1, -0.05) is 17.7 Å². The molecule has 1 saturated heterocycles. The number of piperazine rings is 1. The first-order valence-electron chi connectivity index (χ1n) is 8.97. The minimum atomic E-state index is -0.596. The number of nitrogens with two attached hydrogens (primary N) is 1. The molecule has 2 aromatic rings. The van der Waals surface area contributed by atoms with Crippen molar-refractivity contribution < 1.29 is 13.6 Å². The molecule has 0 radical (unpaired) electrons. The quantitative estimate of drug-likeness (QED) is 0.349. The zero-order chi connectivity index (χ0) is 20.1. The van der Waals surface area contributed by atoms with E-state index in [9.17, 15) is 9.18 Å². The van der Waals surface area contributed by atoms with Gasteiger partial charge in [-0.2, -0.15) is 0 Å². The first-order valence-corrected chi connectivity index (χ1v) is 9.35. The Hall–Kier alpha value is -1.85. The number of nitrogens with zero attached hydrogens (tertiary/aromatic N) is 3. The average molecular weight is 536 g/mol. The largest absolute Gasteiger partial charge is 0.454 e. The first-order chi connectivity index (χ1) is 13.5. The number of amides is 1. The van der Waals surface area contributed by atoms with Crippen LogP contribution in [-0.2, 0) is 13.1 Å². The maximum absolute atomic E-state index is 14.0. The van der Waals surface area contributed by atoms with E-state index in [1.165, 1.54) is 6.07 Å². The monoisotopic (exact) mass is 535 g/mol. The summed E-state index contributed by atoms with van der Waals surface area (Å²) in [6, 6.07) is 8.01. The minimum Gasteiger partial charge on any atom is -0.454 e. The van der Waals surface area contributed by atoms with Gasteiger partial charge < -0.3 is 20.4 Å². The van der Waals surface area contributed by atoms with Gasteiger partial charge in [0, 0.05) is 50.4 Å². The van der Waals surface area contributed by atoms with Gasteiger partial charge in [-0.05, 0) is 24.3 Å². The molecule has 1 aliphatic rings. The Bertz CT molecular complexity index is 848. The van der Waals surface area contributed by atoms with E-state index in [2.05, 4.69) is 20.1 Å². The number of halogens is 3. The van der Waals surface area contributed by atoms with Crippen LogP contribution in [0.3, 0.4) is 0 Å². The predicted molar refractivity (Wildman–Crippen MR) is 121 cm³/mol. The van der Waals surface area contributed by atoms with Crippen LogP contribution in [0.2, 0.25) is 5.02 Å². The zero-order valence-corrected chi connectivity index (χ0v) is 19.1. The van der Waals surface area contributed by atoms with Gasteiger partial charge in [-0.15, -0.1) is 24.0 Å². The summed E-state index contributed by atoms with van der Waals surface area (Å²) in [4.78, 5) is 19.7. The van der Waals surface area contributed by atoms with Gasteiger partial charge in [0.2, 0.25) is 0 Å². The molecule has 1 aromatic carbocycles. The molecule has 7 nitrogen and oxygen atoms in total. The Morgan fingerprint density at radius 1 is 1.28 bits per heavy atom. The molecule has 0 spiro atoms. The van der Waals surface area contributed by atoms with E-state index in [4.69, 9.17) is 21.8 Å². The number of hydrogen-bond acceptors (Lipinski definition) is 4. The molecule has 0 bridgehead atoms. The number of benzene rings is 1. The second-order valence-corrected chi connectivity index (χ2v) is 6.90. The van der Waals surface area contributed by atoms with Crippen molar-refractivity contribution in [3.8, 4) is 0 Å². The van der Waals surface area contributed by atoms with Gasteiger partial charge >= 0.3 is 0 Å². The fourth-order valence-corrected chi connectivity index (χ4v) is 3.35. The lowest BCUT2D eigenvalue weighted by Gasteiger charge is -2.36. The zero-order valence-electron chi connectivity index (χ0n) is 16.0. The van der Waals surface area contributed by atoms with Gasteiger partial charge in [-0.25, -0.2) is 4.39 Å². The number of aliphatic imine (C=N–C) groups is 1. The van der Waals surface area contributed by atoms with E-state index in [1.54, 1.807) is 31.3 Å². The molecule has 0 unspecified atom stereocenters. The summed E-state index contributed by atoms with van der Waals surface area (Å²) in [5, 5.41) is 3.67. The van der Waals surface area contributed by atoms with E-state index >= 15 is 0 Å². The van der Waals surface area contributed by atoms with Crippen molar-refractivity contribution in [3.05, 3.63) is 58.3 Å². The lowest BCUT2D eigenvalue weighted by Crippen LogP contribution is -2.52. The SMILES string of the molecule is CN=C(NCc1ccc(C(N)=O)o1)N1CCN(Cc2c(F)cccc2Cl)CC1.I. The Morgan fingerprint density at radius 2 is 2.00 bits per heavy atom. The van der Waals surface area contributed by atoms with Crippen molar-refractivity contribution in [2.75, 3.05) is 33.2 Å². The molecule has 1 fully saturated rings. The highest BCUT2D eigenvalue weighted by molar-refractivity contribution is 14.0. The number of carbonyl (C=O) groups excluding carboxylic acids is 1. The summed E-state index contributed by atoms with van der Waals surface area (Å²) < 4.78 is 19.4. The Kier molecular flexibility index (Phi) is 8.72. The standard InChI is InChI=1S/C19H23ClFN5O2.HI/c1-23-19(24-11-13-5-6-17(28-13)18(22)27)26-9-7-25(8-10-26)12-14-15(20)3-2-4-16(14)21;/h2-6H,7-12H2,1H3,(H2,22,27)(H,23,24);1H. The third-order valence-electron chi connectivity index (χ3n) is 4.65. The maximum Gasteiger partial charge on any atom is 0.284 e. The van der Waals surface area contributed by atoms with Gasteiger partial charge in [0.05, 0.1) is 6.54 Å². The molecule has 1 aromatic heterocycles. The molecule has 10 heteroatoms. The second-order valence-electron chi connectivity index (χ2n) is 6.49. The molecule has 0 aliphatic carbocycles. The molecule has 0 saturated carbocycles.